The fourth-order valence-corrected chi connectivity index (χ4v) is 6.30. The second-order valence-electron chi connectivity index (χ2n) is 12.2. The van der Waals surface area contributed by atoms with Crippen LogP contribution in [0.4, 0.5) is 11.4 Å². The van der Waals surface area contributed by atoms with Gasteiger partial charge in [0, 0.05) is 210 Å². The van der Waals surface area contributed by atoms with Crippen molar-refractivity contribution >= 4 is 112 Å². The summed E-state index contributed by atoms with van der Waals surface area (Å²) in [4.78, 5) is 197. The van der Waals surface area contributed by atoms with Crippen LogP contribution >= 0.6 is 0 Å². The number of likely N-dealkylation sites (tertiary alicyclic amines) is 2. The molecule has 1 aromatic carbocycles. The fraction of sp³-hybridized carbons (Fsp3) is 0.194. The van der Waals surface area contributed by atoms with Gasteiger partial charge in [0.1, 0.15) is 5.41 Å². The summed E-state index contributed by atoms with van der Waals surface area (Å²) in [7, 11) is 2.29. The topological polar surface area (TPSA) is 380 Å². The van der Waals surface area contributed by atoms with E-state index < -0.39 is 139 Å². The molecule has 0 bridgehead atoms. The zero-order valence-corrected chi connectivity index (χ0v) is 49.2. The summed E-state index contributed by atoms with van der Waals surface area (Å²) in [5.74, 6) is -18.4. The molecule has 16 amide bonds. The molecule has 26 nitrogen and oxygen atoms in total. The maximum atomic E-state index is 12.6. The molecule has 8 aliphatic rings. The molecule has 8 fully saturated rings. The molecule has 6 radical (unpaired) electrons. The van der Waals surface area contributed by atoms with E-state index in [0.29, 0.717) is 14.7 Å². The van der Waals surface area contributed by atoms with Crippen molar-refractivity contribution in [3.63, 3.8) is 0 Å². The van der Waals surface area contributed by atoms with Crippen LogP contribution in [0, 0.1) is 36.5 Å². The van der Waals surface area contributed by atoms with Crippen LogP contribution in [0.1, 0.15) is 10.4 Å². The molecule has 8 saturated heterocycles. The van der Waals surface area contributed by atoms with Crippen LogP contribution in [0.5, 0.6) is 0 Å². The minimum absolute atomic E-state index is 0. The minimum Gasteiger partial charge on any atom is -0.593 e. The Hall–Kier alpha value is -1.57. The van der Waals surface area contributed by atoms with Crippen molar-refractivity contribution in [3.8, 4) is 0 Å². The Bertz CT molecular complexity index is 2310. The van der Waals surface area contributed by atoms with Gasteiger partial charge >= 0.3 is 5.97 Å². The molecular formula is C31H16N8O18Y6-6. The Morgan fingerprint density at radius 2 is 0.619 bits per heavy atom. The third-order valence-corrected chi connectivity index (χ3v) is 9.64. The van der Waals surface area contributed by atoms with E-state index in [0.717, 1.165) is 30.1 Å². The number of imide groups is 8. The maximum absolute atomic E-state index is 12.6. The van der Waals surface area contributed by atoms with Gasteiger partial charge in [-0.15, -0.1) is 0 Å². The van der Waals surface area contributed by atoms with E-state index in [4.69, 9.17) is 0 Å². The largest absolute Gasteiger partial charge is 0.593 e. The van der Waals surface area contributed by atoms with Gasteiger partial charge < -0.3 is 79.6 Å². The smallest absolute Gasteiger partial charge is 0.335 e. The monoisotopic (exact) mass is 1320 g/mol. The number of β-lactam (4-membered cyclic amide) rings is 16. The molecule has 4 spiro atoms. The van der Waals surface area contributed by atoms with Gasteiger partial charge in [-0.05, 0) is 18.2 Å². The molecule has 8 heterocycles. The van der Waals surface area contributed by atoms with E-state index in [1.54, 1.807) is 0 Å². The third kappa shape index (κ3) is 7.45. The second-order valence-corrected chi connectivity index (χ2v) is 12.2. The number of carbonyl (C=O) groups is 17. The van der Waals surface area contributed by atoms with E-state index in [1.807, 2.05) is 0 Å². The normalized spacial score (nSPS) is 20.7. The van der Waals surface area contributed by atoms with Crippen molar-refractivity contribution in [1.82, 2.24) is 9.80 Å². The molecule has 0 unspecified atom stereocenters. The summed E-state index contributed by atoms with van der Waals surface area (Å²) in [6.45, 7) is 0. The first kappa shape index (κ1) is 63.5. The molecule has 1 N–H and O–H groups in total. The van der Waals surface area contributed by atoms with Crippen LogP contribution in [-0.4, -0.2) is 129 Å². The summed E-state index contributed by atoms with van der Waals surface area (Å²) in [6.07, 6.45) is 0. The van der Waals surface area contributed by atoms with Crippen molar-refractivity contribution in [2.24, 2.45) is 21.7 Å². The average Bonchev–Trinajstić information content (AvgIpc) is 3.11. The van der Waals surface area contributed by atoms with Crippen LogP contribution in [0.15, 0.2) is 18.2 Å². The number of rotatable bonds is 3. The van der Waals surface area contributed by atoms with Crippen molar-refractivity contribution in [3.05, 3.63) is 59.9 Å². The van der Waals surface area contributed by atoms with E-state index >= 15 is 0 Å². The number of carbonyl (C=O) groups excluding carboxylic acids is 16. The molecule has 0 atom stereocenters. The summed E-state index contributed by atoms with van der Waals surface area (Å²) < 4.78 is 0. The molecule has 1 aromatic rings. The summed E-state index contributed by atoms with van der Waals surface area (Å²) in [5.41, 5.74) is -10.7. The fourth-order valence-electron chi connectivity index (χ4n) is 6.30. The van der Waals surface area contributed by atoms with E-state index in [1.165, 1.54) is 7.05 Å². The van der Waals surface area contributed by atoms with Gasteiger partial charge in [0.2, 0.25) is 10.8 Å². The van der Waals surface area contributed by atoms with Crippen LogP contribution in [-0.2, 0) is 273 Å². The van der Waals surface area contributed by atoms with Gasteiger partial charge in [0.25, 0.3) is 52.7 Å². The van der Waals surface area contributed by atoms with Crippen molar-refractivity contribution in [1.29, 1.82) is 0 Å². The molecule has 32 heteroatoms. The number of hydrogen-bond acceptors (Lipinski definition) is 17. The predicted octanol–water partition coefficient (Wildman–Crippen LogP) is -4.31. The zero-order chi connectivity index (χ0) is 40.8. The second kappa shape index (κ2) is 20.7. The maximum Gasteiger partial charge on any atom is 0.335 e. The number of benzene rings is 1. The van der Waals surface area contributed by atoms with Gasteiger partial charge in [-0.1, -0.05) is 0 Å². The molecule has 8 aliphatic heterocycles. The first-order chi connectivity index (χ1) is 25.5. The Morgan fingerprint density at radius 3 is 0.825 bits per heavy atom. The molecule has 63 heavy (non-hydrogen) atoms. The molecule has 312 valence electrons. The number of hydrogen-bond donors (Lipinski definition) is 1. The van der Waals surface area contributed by atoms with E-state index in [9.17, 15) is 86.6 Å². The van der Waals surface area contributed by atoms with Crippen LogP contribution in [0.25, 0.3) is 21.3 Å². The number of amides is 16. The van der Waals surface area contributed by atoms with Crippen LogP contribution < -0.4 is 9.80 Å². The quantitative estimate of drug-likeness (QED) is 0.170. The zero-order valence-electron chi connectivity index (χ0n) is 32.2. The number of aromatic carboxylic acids is 1. The summed E-state index contributed by atoms with van der Waals surface area (Å²) >= 11 is 0. The molecule has 9 rings (SSSR count). The number of anilines is 2. The van der Waals surface area contributed by atoms with Crippen molar-refractivity contribution < 1.29 is 283 Å². The van der Waals surface area contributed by atoms with Gasteiger partial charge in [-0.3, -0.25) is 48.2 Å². The molecular weight excluding hydrogens is 1310 g/mol. The van der Waals surface area contributed by atoms with Gasteiger partial charge in [-0.2, -0.15) is 0 Å². The predicted molar refractivity (Wildman–Crippen MR) is 170 cm³/mol. The average molecular weight is 1320 g/mol. The Balaban J connectivity index is 0. The van der Waals surface area contributed by atoms with Crippen molar-refractivity contribution in [2.75, 3.05) is 23.9 Å². The Labute approximate surface area is 502 Å². The first-order valence-electron chi connectivity index (χ1n) is 14.6. The van der Waals surface area contributed by atoms with Crippen LogP contribution in [0.2, 0.25) is 0 Å². The minimum atomic E-state index is -2.58. The van der Waals surface area contributed by atoms with Gasteiger partial charge in [-0.25, -0.2) is 14.6 Å². The first-order valence-corrected chi connectivity index (χ1v) is 14.6. The van der Waals surface area contributed by atoms with Crippen molar-refractivity contribution in [2.45, 2.75) is 0 Å². The Morgan fingerprint density at radius 1 is 0.397 bits per heavy atom. The SMILES string of the molecule is CN1C(=O)C2(C(=O)[N-]C2=O)C1=O.CN1C(=O)C2(C1=O)C(=O)N(c1cc(C(=O)O)cc(N3C(=O)C4(C(=O)[N-]C4=O)C3=O)c1)C2=O.O=C1[N-]C(=O)C12C(=O)[N-]C2=O.[CH3-].[CH3-].[Y].[Y].[Y].[Y].[Y].[Y]. The van der Waals surface area contributed by atoms with Gasteiger partial charge in [0.15, 0.2) is 0 Å². The van der Waals surface area contributed by atoms with E-state index in [2.05, 4.69) is 21.3 Å². The summed E-state index contributed by atoms with van der Waals surface area (Å²) in [5, 5.41) is 20.8. The number of nitrogens with zero attached hydrogens (tertiary/aromatic N) is 8. The van der Waals surface area contributed by atoms with Crippen LogP contribution in [0.3, 0.4) is 0 Å². The number of carboxylic acid groups (broad SMARTS) is 1. The molecule has 0 aromatic heterocycles. The van der Waals surface area contributed by atoms with E-state index in [-0.39, 0.29) is 211 Å². The van der Waals surface area contributed by atoms with Gasteiger partial charge in [0.05, 0.1) is 64.2 Å². The third-order valence-electron chi connectivity index (χ3n) is 9.64. The standard InChI is InChI=1S/C18H8N4O10.C6H4N2O4.C5H2N2O4.2CH3.6Y/c1-20-11(27)18(12(20)28)15(31)22(16(18)32)7-3-5(8(23)24)2-6(4-7)21-13(29)17(14(21)30)9(25)19-10(17)26;1-8-4(11)6(5(8)12)2(9)7-3(6)10;8-1-5(2(9)6-1)3(10)7-4(5)11;;;;;;;;/h2-4H,1H3,(H2,19,23,24,25,26);1H3,(H,7,9,10);(H2,6,7,8,9,10,11);2*1H3;;;;;;/q;;;2*-1;;;;;;/p-4. The Kier molecular flexibility index (Phi) is 20.9. The molecule has 0 saturated carbocycles. The molecule has 0 aliphatic carbocycles. The summed E-state index contributed by atoms with van der Waals surface area (Å²) in [6, 6.07) is 2.60. The number of carboxylic acids is 1.